The third-order valence-corrected chi connectivity index (χ3v) is 1.97. The average Bonchev–Trinajstić information content (AvgIpc) is 2.39. The smallest absolute Gasteiger partial charge is 0.0640 e. The van der Waals surface area contributed by atoms with E-state index < -0.39 is 0 Å². The molecule has 1 N–H and O–H groups in total. The number of benzene rings is 1. The van der Waals surface area contributed by atoms with E-state index in [9.17, 15) is 0 Å². The predicted molar refractivity (Wildman–Crippen MR) is 56.7 cm³/mol. The highest BCUT2D eigenvalue weighted by Crippen LogP contribution is 2.25. The molecular formula is C11H10N2. The number of hydrazone groups is 1. The van der Waals surface area contributed by atoms with E-state index in [2.05, 4.69) is 17.1 Å². The molecule has 0 aliphatic carbocycles. The second-order valence-corrected chi connectivity index (χ2v) is 2.76. The quantitative estimate of drug-likeness (QED) is 0.688. The van der Waals surface area contributed by atoms with Crippen LogP contribution in [0.15, 0.2) is 48.1 Å². The highest BCUT2D eigenvalue weighted by atomic mass is 15.3. The number of hydrogen-bond donors (Lipinski definition) is 1. The Bertz CT molecular complexity index is 389. The van der Waals surface area contributed by atoms with Crippen LogP contribution in [0, 0.1) is 0 Å². The van der Waals surface area contributed by atoms with Gasteiger partial charge in [-0.3, -0.25) is 5.43 Å². The molecule has 2 nitrogen and oxygen atoms in total. The molecule has 2 rings (SSSR count). The van der Waals surface area contributed by atoms with E-state index in [1.165, 1.54) is 0 Å². The molecule has 0 fully saturated rings. The number of nitrogens with zero attached hydrogens (tertiary/aromatic N) is 1. The van der Waals surface area contributed by atoms with E-state index >= 15 is 0 Å². The van der Waals surface area contributed by atoms with Crippen molar-refractivity contribution >= 4 is 17.5 Å². The Labute approximate surface area is 77.3 Å². The van der Waals surface area contributed by atoms with Gasteiger partial charge in [-0.05, 0) is 17.7 Å². The van der Waals surface area contributed by atoms with Crippen LogP contribution < -0.4 is 5.43 Å². The minimum atomic E-state index is 1.02. The Kier molecular flexibility index (Phi) is 1.96. The van der Waals surface area contributed by atoms with Gasteiger partial charge in [0.1, 0.15) is 0 Å². The van der Waals surface area contributed by atoms with Gasteiger partial charge in [0.2, 0.25) is 0 Å². The van der Waals surface area contributed by atoms with Crippen LogP contribution >= 0.6 is 0 Å². The summed E-state index contributed by atoms with van der Waals surface area (Å²) in [6.07, 6.45) is 5.50. The Morgan fingerprint density at radius 1 is 1.31 bits per heavy atom. The topological polar surface area (TPSA) is 24.4 Å². The van der Waals surface area contributed by atoms with E-state index in [1.54, 1.807) is 6.21 Å². The van der Waals surface area contributed by atoms with Gasteiger partial charge in [-0.15, -0.1) is 0 Å². The molecule has 0 bridgehead atoms. The van der Waals surface area contributed by atoms with Crippen molar-refractivity contribution in [2.24, 2.45) is 5.10 Å². The molecule has 0 radical (unpaired) electrons. The Balaban J connectivity index is 2.59. The van der Waals surface area contributed by atoms with Crippen molar-refractivity contribution in [1.82, 2.24) is 0 Å². The van der Waals surface area contributed by atoms with Gasteiger partial charge in [-0.25, -0.2) is 0 Å². The van der Waals surface area contributed by atoms with Crippen molar-refractivity contribution in [3.05, 3.63) is 48.6 Å². The highest BCUT2D eigenvalue weighted by molar-refractivity contribution is 5.93. The average molecular weight is 170 g/mol. The first-order valence-electron chi connectivity index (χ1n) is 4.13. The van der Waals surface area contributed by atoms with E-state index in [4.69, 9.17) is 0 Å². The number of allylic oxidation sites excluding steroid dienone is 3. The van der Waals surface area contributed by atoms with Crippen molar-refractivity contribution in [2.45, 2.75) is 0 Å². The molecule has 0 spiro atoms. The second kappa shape index (κ2) is 3.27. The number of hydrogen-bond acceptors (Lipinski definition) is 2. The maximum Gasteiger partial charge on any atom is 0.0640 e. The molecule has 0 saturated heterocycles. The van der Waals surface area contributed by atoms with E-state index in [1.807, 2.05) is 36.4 Å². The molecule has 1 aliphatic rings. The lowest BCUT2D eigenvalue weighted by atomic mass is 10.0. The van der Waals surface area contributed by atoms with Gasteiger partial charge in [0.15, 0.2) is 0 Å². The zero-order valence-corrected chi connectivity index (χ0v) is 7.20. The summed E-state index contributed by atoms with van der Waals surface area (Å²) in [6, 6.07) is 8.02. The first kappa shape index (κ1) is 7.80. The number of fused-ring (bicyclic) bond motifs is 1. The molecule has 1 aromatic carbocycles. The molecule has 0 saturated carbocycles. The molecule has 0 atom stereocenters. The lowest BCUT2D eigenvalue weighted by molar-refractivity contribution is 1.35. The molecule has 13 heavy (non-hydrogen) atoms. The molecule has 0 unspecified atom stereocenters. The monoisotopic (exact) mass is 170 g/mol. The van der Waals surface area contributed by atoms with Crippen LogP contribution in [0.25, 0.3) is 5.57 Å². The molecule has 1 aliphatic heterocycles. The summed E-state index contributed by atoms with van der Waals surface area (Å²) in [6.45, 7) is 3.77. The predicted octanol–water partition coefficient (Wildman–Crippen LogP) is 2.67. The van der Waals surface area contributed by atoms with Gasteiger partial charge >= 0.3 is 0 Å². The molecule has 0 aromatic heterocycles. The molecule has 1 aromatic rings. The Morgan fingerprint density at radius 3 is 3.00 bits per heavy atom. The summed E-state index contributed by atoms with van der Waals surface area (Å²) in [7, 11) is 0. The zero-order chi connectivity index (χ0) is 9.10. The van der Waals surface area contributed by atoms with E-state index in [-0.39, 0.29) is 0 Å². The van der Waals surface area contributed by atoms with Crippen LogP contribution in [0.2, 0.25) is 0 Å². The third kappa shape index (κ3) is 1.38. The molecule has 2 heteroatoms. The fourth-order valence-corrected chi connectivity index (χ4v) is 1.32. The van der Waals surface area contributed by atoms with Gasteiger partial charge in [-0.2, -0.15) is 5.10 Å². The summed E-state index contributed by atoms with van der Waals surface area (Å²) in [5, 5.41) is 4.01. The fourth-order valence-electron chi connectivity index (χ4n) is 1.32. The number of para-hydroxylation sites is 1. The van der Waals surface area contributed by atoms with Crippen LogP contribution in [-0.2, 0) is 0 Å². The second-order valence-electron chi connectivity index (χ2n) is 2.76. The van der Waals surface area contributed by atoms with Crippen molar-refractivity contribution in [1.29, 1.82) is 0 Å². The lowest BCUT2D eigenvalue weighted by Gasteiger charge is -2.05. The molecular weight excluding hydrogens is 160 g/mol. The van der Waals surface area contributed by atoms with Crippen LogP contribution in [0.3, 0.4) is 0 Å². The van der Waals surface area contributed by atoms with Gasteiger partial charge in [0, 0.05) is 11.8 Å². The maximum absolute atomic E-state index is 4.01. The first-order valence-corrected chi connectivity index (χ1v) is 4.13. The number of rotatable bonds is 1. The van der Waals surface area contributed by atoms with Crippen molar-refractivity contribution < 1.29 is 0 Å². The van der Waals surface area contributed by atoms with Crippen molar-refractivity contribution in [2.75, 3.05) is 5.43 Å². The maximum atomic E-state index is 4.01. The van der Waals surface area contributed by atoms with Gasteiger partial charge in [-0.1, -0.05) is 30.9 Å². The first-order chi connectivity index (χ1) is 6.42. The summed E-state index contributed by atoms with van der Waals surface area (Å²) < 4.78 is 0. The number of nitrogens with one attached hydrogen (secondary N) is 1. The fraction of sp³-hybridized carbons (Fsp3) is 0. The molecule has 64 valence electrons. The Morgan fingerprint density at radius 2 is 2.15 bits per heavy atom. The minimum absolute atomic E-state index is 1.02. The zero-order valence-electron chi connectivity index (χ0n) is 7.20. The van der Waals surface area contributed by atoms with Gasteiger partial charge < -0.3 is 0 Å². The number of anilines is 1. The van der Waals surface area contributed by atoms with Crippen LogP contribution in [0.4, 0.5) is 5.69 Å². The van der Waals surface area contributed by atoms with E-state index in [0.717, 1.165) is 16.8 Å². The van der Waals surface area contributed by atoms with Crippen LogP contribution in [0.1, 0.15) is 5.56 Å². The van der Waals surface area contributed by atoms with Crippen molar-refractivity contribution in [3.8, 4) is 0 Å². The minimum Gasteiger partial charge on any atom is -0.278 e. The highest BCUT2D eigenvalue weighted by Gasteiger charge is 2.04. The molecule has 1 heterocycles. The van der Waals surface area contributed by atoms with Gasteiger partial charge in [0.25, 0.3) is 0 Å². The summed E-state index contributed by atoms with van der Waals surface area (Å²) in [4.78, 5) is 0. The van der Waals surface area contributed by atoms with Gasteiger partial charge in [0.05, 0.1) is 5.69 Å². The summed E-state index contributed by atoms with van der Waals surface area (Å²) >= 11 is 0. The largest absolute Gasteiger partial charge is 0.278 e. The Hall–Kier alpha value is -1.83. The third-order valence-electron chi connectivity index (χ3n) is 1.97. The molecule has 0 amide bonds. The summed E-state index contributed by atoms with van der Waals surface area (Å²) in [5.74, 6) is 0. The van der Waals surface area contributed by atoms with Crippen molar-refractivity contribution in [3.63, 3.8) is 0 Å². The standard InChI is InChI=1S/C11H10N2/c1-2-9-7-8-12-13-11-6-4-3-5-10(9)11/h2-8,13H,1H2. The van der Waals surface area contributed by atoms with E-state index in [0.29, 0.717) is 0 Å². The van der Waals surface area contributed by atoms with Crippen LogP contribution in [0.5, 0.6) is 0 Å². The normalized spacial score (nSPS) is 13.7. The lowest BCUT2D eigenvalue weighted by Crippen LogP contribution is -1.90. The SMILES string of the molecule is C=CC1=CC=NNc2ccccc21. The summed E-state index contributed by atoms with van der Waals surface area (Å²) in [5.41, 5.74) is 6.20. The van der Waals surface area contributed by atoms with Crippen LogP contribution in [-0.4, -0.2) is 6.21 Å².